The van der Waals surface area contributed by atoms with Gasteiger partial charge in [0, 0.05) is 25.0 Å². The van der Waals surface area contributed by atoms with Crippen molar-refractivity contribution in [2.24, 2.45) is 7.05 Å². The number of amides is 1. The molecule has 3 aromatic rings. The van der Waals surface area contributed by atoms with Crippen molar-refractivity contribution in [2.75, 3.05) is 18.8 Å². The fourth-order valence-corrected chi connectivity index (χ4v) is 3.57. The molecular formula is C22H20F5N5O3. The number of aromatic nitrogens is 3. The summed E-state index contributed by atoms with van der Waals surface area (Å²) >= 11 is 0. The minimum Gasteiger partial charge on any atom is -0.478 e. The molecule has 1 saturated heterocycles. The highest BCUT2D eigenvalue weighted by molar-refractivity contribution is 5.79. The lowest BCUT2D eigenvalue weighted by Crippen LogP contribution is -2.36. The molecule has 2 N–H and O–H groups in total. The Balaban J connectivity index is 1.43. The van der Waals surface area contributed by atoms with Crippen LogP contribution in [0.1, 0.15) is 5.56 Å². The number of aryl methyl sites for hydroxylation is 1. The second-order valence-electron chi connectivity index (χ2n) is 8.04. The number of nitrogens with two attached hydrogens (primary N) is 1. The van der Waals surface area contributed by atoms with E-state index in [1.54, 1.807) is 24.1 Å². The number of carbonyl (C=O) groups excluding carboxylic acids is 1. The summed E-state index contributed by atoms with van der Waals surface area (Å²) in [6, 6.07) is 6.07. The molecular weight excluding hydrogens is 477 g/mol. The molecule has 0 saturated carbocycles. The summed E-state index contributed by atoms with van der Waals surface area (Å²) < 4.78 is 77.2. The van der Waals surface area contributed by atoms with Crippen molar-refractivity contribution in [2.45, 2.75) is 24.8 Å². The predicted molar refractivity (Wildman–Crippen MR) is 114 cm³/mol. The Kier molecular flexibility index (Phi) is 6.26. The average Bonchev–Trinajstić information content (AvgIpc) is 3.32. The molecule has 1 amide bonds. The number of hydrogen-bond donors (Lipinski definition) is 1. The molecule has 13 heteroatoms. The van der Waals surface area contributed by atoms with E-state index < -0.39 is 43.1 Å². The molecule has 8 nitrogen and oxygen atoms in total. The number of likely N-dealkylation sites (tertiary alicyclic amines) is 1. The van der Waals surface area contributed by atoms with Gasteiger partial charge < -0.3 is 24.7 Å². The Morgan fingerprint density at radius 2 is 1.94 bits per heavy atom. The van der Waals surface area contributed by atoms with Gasteiger partial charge in [0.1, 0.15) is 5.75 Å². The molecule has 0 radical (unpaired) electrons. The molecule has 1 atom stereocenters. The van der Waals surface area contributed by atoms with Crippen molar-refractivity contribution >= 4 is 11.7 Å². The number of imidazole rings is 1. The number of nitrogen functional groups attached to an aromatic ring is 1. The van der Waals surface area contributed by atoms with Crippen LogP contribution in [0.15, 0.2) is 49.1 Å². The number of alkyl halides is 5. The largest absolute Gasteiger partial charge is 0.573 e. The van der Waals surface area contributed by atoms with Gasteiger partial charge in [-0.2, -0.15) is 0 Å². The second-order valence-corrected chi connectivity index (χ2v) is 8.04. The zero-order valence-electron chi connectivity index (χ0n) is 18.3. The molecule has 1 aliphatic heterocycles. The summed E-state index contributed by atoms with van der Waals surface area (Å²) in [7, 11) is 1.77. The highest BCUT2D eigenvalue weighted by Gasteiger charge is 2.51. The van der Waals surface area contributed by atoms with Crippen LogP contribution < -0.4 is 15.2 Å². The van der Waals surface area contributed by atoms with Crippen molar-refractivity contribution < 1.29 is 36.2 Å². The van der Waals surface area contributed by atoms with Crippen LogP contribution in [0.2, 0.25) is 0 Å². The lowest BCUT2D eigenvalue weighted by molar-refractivity contribution is -0.274. The standard InChI is InChI=1S/C22H20F5N5O3/c1-31-9-16(30-12-31)14-7-17(20(28)29-8-14)34-18-10-32(11-21(18,23)24)19(33)6-13-2-4-15(5-3-13)35-22(25,26)27/h2-5,7-9,12,18H,6,10-11H2,1H3,(H2,28,29)/t18-/m1/s1. The predicted octanol–water partition coefficient (Wildman–Crippen LogP) is 3.43. The van der Waals surface area contributed by atoms with Gasteiger partial charge in [0.25, 0.3) is 0 Å². The SMILES string of the molecule is Cn1cnc(-c2cnc(N)c(O[C@@H]3CN(C(=O)Cc4ccc(OC(F)(F)F)cc4)CC3(F)F)c2)c1. The maximum Gasteiger partial charge on any atom is 0.573 e. The molecule has 1 aromatic carbocycles. The van der Waals surface area contributed by atoms with Gasteiger partial charge in [-0.3, -0.25) is 4.79 Å². The van der Waals surface area contributed by atoms with Gasteiger partial charge in [-0.25, -0.2) is 18.7 Å². The first-order chi connectivity index (χ1) is 16.4. The Morgan fingerprint density at radius 3 is 2.57 bits per heavy atom. The maximum atomic E-state index is 14.7. The second kappa shape index (κ2) is 9.04. The van der Waals surface area contributed by atoms with Crippen molar-refractivity contribution in [3.63, 3.8) is 0 Å². The minimum atomic E-state index is -4.84. The normalized spacial score (nSPS) is 17.4. The molecule has 4 rings (SSSR count). The van der Waals surface area contributed by atoms with Crippen LogP contribution in [0, 0.1) is 0 Å². The molecule has 1 aliphatic rings. The molecule has 0 unspecified atom stereocenters. The van der Waals surface area contributed by atoms with E-state index in [0.717, 1.165) is 17.0 Å². The van der Waals surface area contributed by atoms with Crippen molar-refractivity contribution in [3.8, 4) is 22.8 Å². The third kappa shape index (κ3) is 5.78. The van der Waals surface area contributed by atoms with Crippen LogP contribution in [0.3, 0.4) is 0 Å². The summed E-state index contributed by atoms with van der Waals surface area (Å²) in [4.78, 5) is 21.7. The van der Waals surface area contributed by atoms with Gasteiger partial charge in [0.05, 0.1) is 31.5 Å². The van der Waals surface area contributed by atoms with Gasteiger partial charge in [0.15, 0.2) is 17.7 Å². The highest BCUT2D eigenvalue weighted by atomic mass is 19.4. The van der Waals surface area contributed by atoms with Crippen LogP contribution in [0.4, 0.5) is 27.8 Å². The quantitative estimate of drug-likeness (QED) is 0.525. The fourth-order valence-electron chi connectivity index (χ4n) is 3.57. The fraction of sp³-hybridized carbons (Fsp3) is 0.318. The first kappa shape index (κ1) is 24.2. The number of ether oxygens (including phenoxy) is 2. The molecule has 0 aliphatic carbocycles. The minimum absolute atomic E-state index is 0.0626. The summed E-state index contributed by atoms with van der Waals surface area (Å²) in [6.45, 7) is -1.28. The van der Waals surface area contributed by atoms with Crippen molar-refractivity contribution in [3.05, 3.63) is 54.6 Å². The summed E-state index contributed by atoms with van der Waals surface area (Å²) in [5.74, 6) is -4.60. The lowest BCUT2D eigenvalue weighted by atomic mass is 10.1. The number of pyridine rings is 1. The summed E-state index contributed by atoms with van der Waals surface area (Å²) in [5.41, 5.74) is 7.22. The summed E-state index contributed by atoms with van der Waals surface area (Å²) in [6.07, 6.45) is -2.08. The molecule has 186 valence electrons. The molecule has 3 heterocycles. The van der Waals surface area contributed by atoms with Gasteiger partial charge in [0.2, 0.25) is 5.91 Å². The summed E-state index contributed by atoms with van der Waals surface area (Å²) in [5, 5.41) is 0. The Morgan fingerprint density at radius 1 is 1.23 bits per heavy atom. The van der Waals surface area contributed by atoms with E-state index in [2.05, 4.69) is 14.7 Å². The van der Waals surface area contributed by atoms with Crippen LogP contribution in [-0.2, 0) is 18.3 Å². The van der Waals surface area contributed by atoms with Gasteiger partial charge in [-0.1, -0.05) is 12.1 Å². The zero-order chi connectivity index (χ0) is 25.4. The van der Waals surface area contributed by atoms with Gasteiger partial charge in [-0.15, -0.1) is 13.2 Å². The molecule has 2 aromatic heterocycles. The number of nitrogens with zero attached hydrogens (tertiary/aromatic N) is 4. The number of benzene rings is 1. The Hall–Kier alpha value is -3.90. The van der Waals surface area contributed by atoms with E-state index >= 15 is 0 Å². The van der Waals surface area contributed by atoms with E-state index in [1.807, 2.05) is 0 Å². The molecule has 1 fully saturated rings. The van der Waals surface area contributed by atoms with E-state index in [-0.39, 0.29) is 18.0 Å². The lowest BCUT2D eigenvalue weighted by Gasteiger charge is -2.20. The smallest absolute Gasteiger partial charge is 0.478 e. The molecule has 35 heavy (non-hydrogen) atoms. The number of hydrogen-bond acceptors (Lipinski definition) is 6. The molecule has 0 bridgehead atoms. The van der Waals surface area contributed by atoms with E-state index in [9.17, 15) is 26.7 Å². The highest BCUT2D eigenvalue weighted by Crippen LogP contribution is 2.34. The van der Waals surface area contributed by atoms with Crippen molar-refractivity contribution in [1.82, 2.24) is 19.4 Å². The Labute approximate surface area is 196 Å². The van der Waals surface area contributed by atoms with Crippen molar-refractivity contribution in [1.29, 1.82) is 0 Å². The monoisotopic (exact) mass is 497 g/mol. The third-order valence-electron chi connectivity index (χ3n) is 5.28. The average molecular weight is 497 g/mol. The molecule has 0 spiro atoms. The van der Waals surface area contributed by atoms with Gasteiger partial charge >= 0.3 is 12.3 Å². The number of carbonyl (C=O) groups is 1. The third-order valence-corrected chi connectivity index (χ3v) is 5.28. The first-order valence-electron chi connectivity index (χ1n) is 10.3. The van der Waals surface area contributed by atoms with E-state index in [4.69, 9.17) is 10.5 Å². The number of halogens is 5. The van der Waals surface area contributed by atoms with Gasteiger partial charge in [-0.05, 0) is 23.8 Å². The maximum absolute atomic E-state index is 14.7. The van der Waals surface area contributed by atoms with E-state index in [1.165, 1.54) is 24.4 Å². The van der Waals surface area contributed by atoms with Crippen LogP contribution >= 0.6 is 0 Å². The zero-order valence-corrected chi connectivity index (χ0v) is 18.3. The topological polar surface area (TPSA) is 95.5 Å². The van der Waals surface area contributed by atoms with E-state index in [0.29, 0.717) is 16.8 Å². The van der Waals surface area contributed by atoms with Crippen LogP contribution in [-0.4, -0.2) is 56.8 Å². The first-order valence-corrected chi connectivity index (χ1v) is 10.3. The number of rotatable bonds is 6. The van der Waals surface area contributed by atoms with Crippen LogP contribution in [0.5, 0.6) is 11.5 Å². The Bertz CT molecular complexity index is 1210. The van der Waals surface area contributed by atoms with Crippen LogP contribution in [0.25, 0.3) is 11.3 Å². The number of anilines is 1.